The molecule has 0 aliphatic carbocycles. The SMILES string of the molecule is Cc1cc2cc(-c3cncnc3C)ccc2c(-c2ccc3c4c(ccnc24)CCO3)c1CC(=O)O. The third-order valence-corrected chi connectivity index (χ3v) is 6.86. The van der Waals surface area contributed by atoms with E-state index in [1.807, 2.05) is 44.4 Å². The Kier molecular flexibility index (Phi) is 4.95. The van der Waals surface area contributed by atoms with Gasteiger partial charge in [0.2, 0.25) is 0 Å². The minimum Gasteiger partial charge on any atom is -0.493 e. The Bertz CT molecular complexity index is 1650. The van der Waals surface area contributed by atoms with Crippen molar-refractivity contribution < 1.29 is 14.6 Å². The predicted molar refractivity (Wildman–Crippen MR) is 136 cm³/mol. The Morgan fingerprint density at radius 2 is 1.94 bits per heavy atom. The van der Waals surface area contributed by atoms with Gasteiger partial charge in [-0.05, 0) is 76.7 Å². The van der Waals surface area contributed by atoms with Crippen LogP contribution in [0.3, 0.4) is 0 Å². The first-order valence-corrected chi connectivity index (χ1v) is 11.6. The summed E-state index contributed by atoms with van der Waals surface area (Å²) in [6, 6.07) is 14.4. The fourth-order valence-corrected chi connectivity index (χ4v) is 5.22. The second-order valence-corrected chi connectivity index (χ2v) is 8.98. The molecule has 3 heterocycles. The molecular formula is C29H23N3O3. The second kappa shape index (κ2) is 8.17. The zero-order valence-electron chi connectivity index (χ0n) is 19.5. The van der Waals surface area contributed by atoms with Gasteiger partial charge in [0.25, 0.3) is 0 Å². The van der Waals surface area contributed by atoms with Crippen molar-refractivity contribution in [3.05, 3.63) is 83.6 Å². The largest absolute Gasteiger partial charge is 0.493 e. The van der Waals surface area contributed by atoms with E-state index in [1.165, 1.54) is 5.56 Å². The highest BCUT2D eigenvalue weighted by atomic mass is 16.5. The number of ether oxygens (including phenoxy) is 1. The molecule has 0 unspecified atom stereocenters. The Hall–Kier alpha value is -4.32. The van der Waals surface area contributed by atoms with Crippen LogP contribution >= 0.6 is 0 Å². The maximum Gasteiger partial charge on any atom is 0.307 e. The van der Waals surface area contributed by atoms with E-state index in [0.29, 0.717) is 6.61 Å². The molecule has 1 aliphatic rings. The molecule has 1 N–H and O–H groups in total. The van der Waals surface area contributed by atoms with Crippen molar-refractivity contribution in [3.63, 3.8) is 0 Å². The van der Waals surface area contributed by atoms with Gasteiger partial charge in [-0.2, -0.15) is 0 Å². The van der Waals surface area contributed by atoms with Gasteiger partial charge in [0.05, 0.1) is 18.5 Å². The van der Waals surface area contributed by atoms with E-state index in [4.69, 9.17) is 9.72 Å². The van der Waals surface area contributed by atoms with Crippen LogP contribution in [0.25, 0.3) is 43.9 Å². The minimum atomic E-state index is -0.860. The molecule has 6 rings (SSSR count). The molecule has 0 amide bonds. The molecule has 172 valence electrons. The van der Waals surface area contributed by atoms with E-state index < -0.39 is 5.97 Å². The average Bonchev–Trinajstić information content (AvgIpc) is 2.85. The van der Waals surface area contributed by atoms with Gasteiger partial charge >= 0.3 is 5.97 Å². The van der Waals surface area contributed by atoms with E-state index in [0.717, 1.165) is 72.9 Å². The summed E-state index contributed by atoms with van der Waals surface area (Å²) in [5.74, 6) is -0.0296. The van der Waals surface area contributed by atoms with Crippen LogP contribution in [-0.4, -0.2) is 32.6 Å². The maximum absolute atomic E-state index is 11.9. The van der Waals surface area contributed by atoms with E-state index in [-0.39, 0.29) is 6.42 Å². The number of benzene rings is 3. The van der Waals surface area contributed by atoms with Crippen LogP contribution < -0.4 is 4.74 Å². The third-order valence-electron chi connectivity index (χ3n) is 6.86. The summed E-state index contributed by atoms with van der Waals surface area (Å²) in [6.45, 7) is 4.60. The average molecular weight is 462 g/mol. The van der Waals surface area contributed by atoms with Gasteiger partial charge in [0.15, 0.2) is 0 Å². The van der Waals surface area contributed by atoms with Crippen molar-refractivity contribution in [3.8, 4) is 28.0 Å². The summed E-state index contributed by atoms with van der Waals surface area (Å²) in [6.07, 6.45) is 5.97. The number of pyridine rings is 1. The van der Waals surface area contributed by atoms with Crippen LogP contribution in [0.15, 0.2) is 61.2 Å². The van der Waals surface area contributed by atoms with E-state index in [2.05, 4.69) is 34.2 Å². The molecule has 0 fully saturated rings. The lowest BCUT2D eigenvalue weighted by molar-refractivity contribution is -0.136. The lowest BCUT2D eigenvalue weighted by Crippen LogP contribution is -2.10. The van der Waals surface area contributed by atoms with E-state index >= 15 is 0 Å². The number of hydrogen-bond acceptors (Lipinski definition) is 5. The normalized spacial score (nSPS) is 12.6. The predicted octanol–water partition coefficient (Wildman–Crippen LogP) is 5.69. The molecule has 6 nitrogen and oxygen atoms in total. The highest BCUT2D eigenvalue weighted by Gasteiger charge is 2.22. The quantitative estimate of drug-likeness (QED) is 0.370. The third kappa shape index (κ3) is 3.49. The number of aromatic nitrogens is 3. The number of aryl methyl sites for hydroxylation is 2. The molecule has 6 heteroatoms. The number of fused-ring (bicyclic) bond motifs is 1. The fraction of sp³-hybridized carbons (Fsp3) is 0.172. The maximum atomic E-state index is 11.9. The van der Waals surface area contributed by atoms with Crippen LogP contribution in [0, 0.1) is 13.8 Å². The van der Waals surface area contributed by atoms with Gasteiger partial charge in [-0.1, -0.05) is 18.2 Å². The van der Waals surface area contributed by atoms with E-state index in [1.54, 1.807) is 6.33 Å². The fourth-order valence-electron chi connectivity index (χ4n) is 5.22. The van der Waals surface area contributed by atoms with Crippen LogP contribution in [0.5, 0.6) is 5.75 Å². The van der Waals surface area contributed by atoms with Gasteiger partial charge in [-0.3, -0.25) is 9.78 Å². The van der Waals surface area contributed by atoms with Crippen LogP contribution in [0.4, 0.5) is 0 Å². The summed E-state index contributed by atoms with van der Waals surface area (Å²) in [5.41, 5.74) is 8.53. The van der Waals surface area contributed by atoms with E-state index in [9.17, 15) is 9.90 Å². The topological polar surface area (TPSA) is 85.2 Å². The molecule has 3 aromatic carbocycles. The van der Waals surface area contributed by atoms with Gasteiger partial charge in [-0.25, -0.2) is 9.97 Å². The molecule has 0 spiro atoms. The highest BCUT2D eigenvalue weighted by Crippen LogP contribution is 2.43. The highest BCUT2D eigenvalue weighted by molar-refractivity contribution is 6.09. The molecule has 0 bridgehead atoms. The lowest BCUT2D eigenvalue weighted by Gasteiger charge is -2.22. The first-order valence-electron chi connectivity index (χ1n) is 11.6. The first-order chi connectivity index (χ1) is 17.0. The number of carbonyl (C=O) groups is 1. The summed E-state index contributed by atoms with van der Waals surface area (Å²) < 4.78 is 5.92. The van der Waals surface area contributed by atoms with Crippen LogP contribution in [-0.2, 0) is 17.6 Å². The molecule has 0 saturated carbocycles. The number of hydrogen-bond donors (Lipinski definition) is 1. The Morgan fingerprint density at radius 3 is 2.77 bits per heavy atom. The molecule has 35 heavy (non-hydrogen) atoms. The first kappa shape index (κ1) is 21.2. The minimum absolute atomic E-state index is 0.0655. The van der Waals surface area contributed by atoms with Crippen molar-refractivity contribution in [1.82, 2.24) is 15.0 Å². The summed E-state index contributed by atoms with van der Waals surface area (Å²) in [5, 5.41) is 12.8. The van der Waals surface area contributed by atoms with Crippen molar-refractivity contribution in [2.24, 2.45) is 0 Å². The zero-order chi connectivity index (χ0) is 24.1. The number of aliphatic carboxylic acids is 1. The van der Waals surface area contributed by atoms with Gasteiger partial charge in [-0.15, -0.1) is 0 Å². The number of rotatable bonds is 4. The molecule has 1 aliphatic heterocycles. The molecule has 0 atom stereocenters. The monoisotopic (exact) mass is 461 g/mol. The molecule has 0 saturated heterocycles. The van der Waals surface area contributed by atoms with Gasteiger partial charge in [0.1, 0.15) is 12.1 Å². The molecule has 5 aromatic rings. The molecule has 2 aromatic heterocycles. The molecule has 0 radical (unpaired) electrons. The van der Waals surface area contributed by atoms with Gasteiger partial charge in [0, 0.05) is 41.0 Å². The Balaban J connectivity index is 1.68. The molecular weight excluding hydrogens is 438 g/mol. The summed E-state index contributed by atoms with van der Waals surface area (Å²) in [4.78, 5) is 25.2. The number of carboxylic acid groups (broad SMARTS) is 1. The zero-order valence-corrected chi connectivity index (χ0v) is 19.5. The Labute approximate surface area is 202 Å². The number of nitrogens with zero attached hydrogens (tertiary/aromatic N) is 3. The number of carboxylic acids is 1. The van der Waals surface area contributed by atoms with Crippen molar-refractivity contribution in [2.75, 3.05) is 6.61 Å². The second-order valence-electron chi connectivity index (χ2n) is 8.98. The van der Waals surface area contributed by atoms with Crippen LogP contribution in [0.1, 0.15) is 22.4 Å². The van der Waals surface area contributed by atoms with Crippen molar-refractivity contribution in [1.29, 1.82) is 0 Å². The van der Waals surface area contributed by atoms with Gasteiger partial charge < -0.3 is 9.84 Å². The Morgan fingerprint density at radius 1 is 1.06 bits per heavy atom. The smallest absolute Gasteiger partial charge is 0.307 e. The summed E-state index contributed by atoms with van der Waals surface area (Å²) in [7, 11) is 0. The summed E-state index contributed by atoms with van der Waals surface area (Å²) >= 11 is 0. The standard InChI is InChI=1S/C29H23N3O3/c1-16-11-20-12-19(24-14-30-15-32-17(24)2)3-4-21(20)28(23(16)13-26(33)34)22-5-6-25-27-18(8-10-35-25)7-9-31-29(22)27/h3-7,9,11-12,14-15H,8,10,13H2,1-2H3,(H,33,34). The lowest BCUT2D eigenvalue weighted by atomic mass is 9.86. The van der Waals surface area contributed by atoms with Crippen molar-refractivity contribution >= 4 is 27.6 Å². The van der Waals surface area contributed by atoms with Crippen LogP contribution in [0.2, 0.25) is 0 Å². The van der Waals surface area contributed by atoms with Crippen molar-refractivity contribution in [2.45, 2.75) is 26.7 Å².